The molecule has 8 nitrogen and oxygen atoms in total. The van der Waals surface area contributed by atoms with Crippen LogP contribution in [0.3, 0.4) is 0 Å². The third-order valence-corrected chi connectivity index (χ3v) is 8.87. The van der Waals surface area contributed by atoms with E-state index in [1.165, 1.54) is 0 Å². The third-order valence-electron chi connectivity index (χ3n) is 6.82. The molecule has 0 N–H and O–H groups in total. The minimum absolute atomic E-state index is 0.135. The fraction of sp³-hybridized carbons (Fsp3) is 0.370. The van der Waals surface area contributed by atoms with Crippen LogP contribution < -0.4 is 4.90 Å². The molecule has 3 heterocycles. The number of hydrogen-bond acceptors (Lipinski definition) is 7. The van der Waals surface area contributed by atoms with Crippen LogP contribution in [0.5, 0.6) is 0 Å². The molecule has 2 aromatic heterocycles. The molecule has 9 heteroatoms. The number of piperidine rings is 1. The molecule has 36 heavy (non-hydrogen) atoms. The fourth-order valence-electron chi connectivity index (χ4n) is 4.86. The van der Waals surface area contributed by atoms with Gasteiger partial charge in [0.1, 0.15) is 5.69 Å². The topological polar surface area (TPSA) is 82.5 Å². The summed E-state index contributed by atoms with van der Waals surface area (Å²) in [6, 6.07) is 7.58. The number of aryl methyl sites for hydroxylation is 2. The average molecular weight is 507 g/mol. The van der Waals surface area contributed by atoms with Gasteiger partial charge in [-0.1, -0.05) is 30.4 Å². The van der Waals surface area contributed by atoms with E-state index in [0.29, 0.717) is 30.8 Å². The molecule has 1 fully saturated rings. The first kappa shape index (κ1) is 25.8. The molecule has 1 aliphatic rings. The summed E-state index contributed by atoms with van der Waals surface area (Å²) in [5.74, 6) is 0.745. The van der Waals surface area contributed by atoms with E-state index in [4.69, 9.17) is 0 Å². The Balaban J connectivity index is 1.58. The van der Waals surface area contributed by atoms with Crippen LogP contribution in [-0.4, -0.2) is 73.1 Å². The van der Waals surface area contributed by atoms with E-state index in [9.17, 15) is 8.42 Å². The molecule has 0 atom stereocenters. The zero-order chi connectivity index (χ0) is 26.0. The molecule has 0 spiro atoms. The van der Waals surface area contributed by atoms with Gasteiger partial charge in [0.2, 0.25) is 10.0 Å². The van der Waals surface area contributed by atoms with Crippen molar-refractivity contribution in [1.29, 1.82) is 0 Å². The molecule has 0 radical (unpaired) electrons. The number of allylic oxidation sites excluding steroid dienone is 2. The van der Waals surface area contributed by atoms with Gasteiger partial charge in [-0.05, 0) is 50.5 Å². The summed E-state index contributed by atoms with van der Waals surface area (Å²) < 4.78 is 28.2. The number of benzene rings is 1. The van der Waals surface area contributed by atoms with Gasteiger partial charge < -0.3 is 9.80 Å². The normalized spacial score (nSPS) is 15.8. The molecule has 3 aromatic rings. The highest BCUT2D eigenvalue weighted by atomic mass is 32.2. The first-order valence-corrected chi connectivity index (χ1v) is 13.5. The van der Waals surface area contributed by atoms with Crippen molar-refractivity contribution >= 4 is 32.3 Å². The molecule has 0 unspecified atom stereocenters. The number of sulfonamides is 1. The van der Waals surface area contributed by atoms with Gasteiger partial charge in [-0.3, -0.25) is 4.98 Å². The number of aromatic nitrogens is 3. The highest BCUT2D eigenvalue weighted by Gasteiger charge is 2.32. The van der Waals surface area contributed by atoms with E-state index in [-0.39, 0.29) is 6.04 Å². The monoisotopic (exact) mass is 506 g/mol. The quantitative estimate of drug-likeness (QED) is 0.448. The maximum absolute atomic E-state index is 13.3. The standard InChI is InChI=1S/C27H34N6O2S/c1-7-8-24(31(4)5)26-22-11-14-28-18-23(22)27(30-29-26)32(6)21-12-15-33(16-13-21)36(34,35)25-10-9-19(2)17-20(25)3/h7-11,14,17-18,21H,1,12-13,15-16H2,2-6H3/b24-8-. The number of nitrogens with zero attached hydrogens (tertiary/aromatic N) is 6. The van der Waals surface area contributed by atoms with Crippen molar-refractivity contribution in [2.45, 2.75) is 37.6 Å². The second-order valence-electron chi connectivity index (χ2n) is 9.49. The SMILES string of the molecule is C=C/C=C(/c1nnc(N(C)C2CCN(S(=O)(=O)c3ccc(C)cc3C)CC2)c2cnccc12)N(C)C. The molecular weight excluding hydrogens is 472 g/mol. The maximum Gasteiger partial charge on any atom is 0.243 e. The molecule has 1 aromatic carbocycles. The van der Waals surface area contributed by atoms with Crippen LogP contribution in [0.25, 0.3) is 16.5 Å². The van der Waals surface area contributed by atoms with Gasteiger partial charge in [0.05, 0.1) is 10.6 Å². The lowest BCUT2D eigenvalue weighted by molar-refractivity contribution is 0.314. The predicted octanol–water partition coefficient (Wildman–Crippen LogP) is 4.02. The first-order chi connectivity index (χ1) is 17.1. The Morgan fingerprint density at radius 1 is 1.08 bits per heavy atom. The van der Waals surface area contributed by atoms with Crippen molar-refractivity contribution in [3.05, 3.63) is 72.2 Å². The fourth-order valence-corrected chi connectivity index (χ4v) is 6.53. The molecule has 0 amide bonds. The van der Waals surface area contributed by atoms with Crippen LogP contribution in [-0.2, 0) is 10.0 Å². The van der Waals surface area contributed by atoms with Crippen molar-refractivity contribution in [2.24, 2.45) is 0 Å². The minimum atomic E-state index is -3.53. The van der Waals surface area contributed by atoms with Gasteiger partial charge in [0, 0.05) is 63.4 Å². The zero-order valence-corrected chi connectivity index (χ0v) is 22.5. The molecule has 0 bridgehead atoms. The lowest BCUT2D eigenvalue weighted by Gasteiger charge is -2.37. The van der Waals surface area contributed by atoms with Crippen LogP contribution in [0, 0.1) is 13.8 Å². The van der Waals surface area contributed by atoms with Gasteiger partial charge in [-0.15, -0.1) is 10.2 Å². The minimum Gasteiger partial charge on any atom is -0.376 e. The lowest BCUT2D eigenvalue weighted by atomic mass is 10.0. The van der Waals surface area contributed by atoms with E-state index >= 15 is 0 Å². The molecular formula is C27H34N6O2S. The van der Waals surface area contributed by atoms with Gasteiger partial charge >= 0.3 is 0 Å². The number of rotatable bonds is 7. The third kappa shape index (κ3) is 4.85. The second-order valence-corrected chi connectivity index (χ2v) is 11.4. The molecule has 0 saturated carbocycles. The Labute approximate surface area is 214 Å². The van der Waals surface area contributed by atoms with Crippen LogP contribution in [0.2, 0.25) is 0 Å². The molecule has 4 rings (SSSR count). The molecule has 1 saturated heterocycles. The van der Waals surface area contributed by atoms with Gasteiger partial charge in [0.15, 0.2) is 5.82 Å². The van der Waals surface area contributed by atoms with Crippen molar-refractivity contribution < 1.29 is 8.42 Å². The van der Waals surface area contributed by atoms with Gasteiger partial charge in [-0.25, -0.2) is 8.42 Å². The summed E-state index contributed by atoms with van der Waals surface area (Å²) in [4.78, 5) is 8.85. The van der Waals surface area contributed by atoms with E-state index in [2.05, 4.69) is 26.7 Å². The summed E-state index contributed by atoms with van der Waals surface area (Å²) in [5, 5.41) is 11.1. The molecule has 1 aliphatic heterocycles. The van der Waals surface area contributed by atoms with Crippen molar-refractivity contribution in [2.75, 3.05) is 39.1 Å². The summed E-state index contributed by atoms with van der Waals surface area (Å²) in [5.41, 5.74) is 3.51. The van der Waals surface area contributed by atoms with E-state index in [1.54, 1.807) is 22.6 Å². The highest BCUT2D eigenvalue weighted by molar-refractivity contribution is 7.89. The largest absolute Gasteiger partial charge is 0.376 e. The Morgan fingerprint density at radius 3 is 2.44 bits per heavy atom. The van der Waals surface area contributed by atoms with E-state index in [1.807, 2.05) is 70.4 Å². The van der Waals surface area contributed by atoms with Crippen LogP contribution >= 0.6 is 0 Å². The summed E-state index contributed by atoms with van der Waals surface area (Å²) in [6.45, 7) is 8.57. The van der Waals surface area contributed by atoms with E-state index in [0.717, 1.165) is 39.1 Å². The van der Waals surface area contributed by atoms with Crippen molar-refractivity contribution in [3.63, 3.8) is 0 Å². The Morgan fingerprint density at radius 2 is 1.81 bits per heavy atom. The predicted molar refractivity (Wildman–Crippen MR) is 145 cm³/mol. The van der Waals surface area contributed by atoms with Gasteiger partial charge in [0.25, 0.3) is 0 Å². The number of anilines is 1. The average Bonchev–Trinajstić information content (AvgIpc) is 2.86. The number of fused-ring (bicyclic) bond motifs is 1. The van der Waals surface area contributed by atoms with E-state index < -0.39 is 10.0 Å². The Kier molecular flexibility index (Phi) is 7.42. The Bertz CT molecular complexity index is 1410. The Hall–Kier alpha value is -3.30. The maximum atomic E-state index is 13.3. The number of pyridine rings is 1. The van der Waals surface area contributed by atoms with Crippen LogP contribution in [0.1, 0.15) is 29.7 Å². The van der Waals surface area contributed by atoms with Crippen LogP contribution in [0.15, 0.2) is 60.3 Å². The summed E-state index contributed by atoms with van der Waals surface area (Å²) in [6.07, 6.45) is 8.63. The van der Waals surface area contributed by atoms with Gasteiger partial charge in [-0.2, -0.15) is 4.31 Å². The first-order valence-electron chi connectivity index (χ1n) is 12.1. The lowest BCUT2D eigenvalue weighted by Crippen LogP contribution is -2.46. The summed E-state index contributed by atoms with van der Waals surface area (Å²) >= 11 is 0. The molecule has 190 valence electrons. The smallest absolute Gasteiger partial charge is 0.243 e. The molecule has 0 aliphatic carbocycles. The van der Waals surface area contributed by atoms with Crippen molar-refractivity contribution in [3.8, 4) is 0 Å². The second kappa shape index (κ2) is 10.4. The highest BCUT2D eigenvalue weighted by Crippen LogP contribution is 2.32. The zero-order valence-electron chi connectivity index (χ0n) is 21.6. The van der Waals surface area contributed by atoms with Crippen LogP contribution in [0.4, 0.5) is 5.82 Å². The number of hydrogen-bond donors (Lipinski definition) is 0. The summed E-state index contributed by atoms with van der Waals surface area (Å²) in [7, 11) is 2.40. The van der Waals surface area contributed by atoms with Crippen molar-refractivity contribution in [1.82, 2.24) is 24.4 Å².